The fourth-order valence-corrected chi connectivity index (χ4v) is 2.71. The first-order chi connectivity index (χ1) is 12.2. The number of nitrogens with zero attached hydrogens (tertiary/aromatic N) is 1. The molecule has 0 unspecified atom stereocenters. The van der Waals surface area contributed by atoms with E-state index in [1.807, 2.05) is 36.4 Å². The molecule has 0 fully saturated rings. The van der Waals surface area contributed by atoms with Gasteiger partial charge in [0.1, 0.15) is 11.5 Å². The zero-order valence-electron chi connectivity index (χ0n) is 13.7. The lowest BCUT2D eigenvalue weighted by Crippen LogP contribution is -2.39. The predicted molar refractivity (Wildman–Crippen MR) is 95.2 cm³/mol. The third kappa shape index (κ3) is 5.16. The number of rotatable bonds is 7. The third-order valence-corrected chi connectivity index (χ3v) is 3.95. The van der Waals surface area contributed by atoms with Gasteiger partial charge in [-0.15, -0.1) is 0 Å². The summed E-state index contributed by atoms with van der Waals surface area (Å²) in [6, 6.07) is 14.7. The number of urea groups is 1. The molecule has 0 saturated heterocycles. The monoisotopic (exact) mass is 358 g/mol. The standard InChI is InChI=1S/C19H19ClN2O3/c20-16-5-1-4-15(12-16)8-9-21-19(23)22(13-17-6-2-10-24-17)14-18-7-3-11-25-18/h1-7,10-12H,8-9,13-14H2,(H,21,23). The van der Waals surface area contributed by atoms with E-state index in [2.05, 4.69) is 5.32 Å². The smallest absolute Gasteiger partial charge is 0.318 e. The van der Waals surface area contributed by atoms with Gasteiger partial charge in [0.2, 0.25) is 0 Å². The Kier molecular flexibility index (Phi) is 5.80. The molecule has 2 aromatic heterocycles. The molecule has 0 bridgehead atoms. The van der Waals surface area contributed by atoms with Gasteiger partial charge in [0.25, 0.3) is 0 Å². The summed E-state index contributed by atoms with van der Waals surface area (Å²) in [5.41, 5.74) is 1.08. The Balaban J connectivity index is 1.58. The molecular formula is C19H19ClN2O3. The molecule has 5 nitrogen and oxygen atoms in total. The summed E-state index contributed by atoms with van der Waals surface area (Å²) in [5, 5.41) is 3.63. The molecule has 0 aliphatic heterocycles. The quantitative estimate of drug-likeness (QED) is 0.677. The largest absolute Gasteiger partial charge is 0.467 e. The molecule has 25 heavy (non-hydrogen) atoms. The van der Waals surface area contributed by atoms with Crippen molar-refractivity contribution in [2.24, 2.45) is 0 Å². The van der Waals surface area contributed by atoms with E-state index in [0.717, 1.165) is 17.1 Å². The van der Waals surface area contributed by atoms with Crippen LogP contribution in [0.1, 0.15) is 17.1 Å². The Morgan fingerprint density at radius 1 is 1.00 bits per heavy atom. The average molecular weight is 359 g/mol. The van der Waals surface area contributed by atoms with E-state index in [-0.39, 0.29) is 6.03 Å². The maximum atomic E-state index is 12.6. The minimum atomic E-state index is -0.171. The van der Waals surface area contributed by atoms with Crippen molar-refractivity contribution in [3.8, 4) is 0 Å². The van der Waals surface area contributed by atoms with E-state index in [1.54, 1.807) is 29.6 Å². The van der Waals surface area contributed by atoms with Crippen molar-refractivity contribution in [2.75, 3.05) is 6.54 Å². The van der Waals surface area contributed by atoms with Crippen molar-refractivity contribution in [3.05, 3.63) is 83.2 Å². The molecule has 3 rings (SSSR count). The average Bonchev–Trinajstić information content (AvgIpc) is 3.28. The lowest BCUT2D eigenvalue weighted by atomic mass is 10.1. The maximum Gasteiger partial charge on any atom is 0.318 e. The van der Waals surface area contributed by atoms with Gasteiger partial charge in [0.05, 0.1) is 25.6 Å². The highest BCUT2D eigenvalue weighted by Crippen LogP contribution is 2.12. The number of furan rings is 2. The highest BCUT2D eigenvalue weighted by molar-refractivity contribution is 6.30. The van der Waals surface area contributed by atoms with E-state index >= 15 is 0 Å². The highest BCUT2D eigenvalue weighted by Gasteiger charge is 2.16. The van der Waals surface area contributed by atoms with E-state index in [9.17, 15) is 4.79 Å². The molecule has 2 heterocycles. The second-order valence-corrected chi connectivity index (χ2v) is 6.06. The predicted octanol–water partition coefficient (Wildman–Crippen LogP) is 4.48. The summed E-state index contributed by atoms with van der Waals surface area (Å²) in [5.74, 6) is 1.44. The van der Waals surface area contributed by atoms with Crippen LogP contribution in [0.2, 0.25) is 5.02 Å². The molecule has 0 radical (unpaired) electrons. The van der Waals surface area contributed by atoms with Crippen molar-refractivity contribution in [2.45, 2.75) is 19.5 Å². The minimum absolute atomic E-state index is 0.171. The van der Waals surface area contributed by atoms with Gasteiger partial charge < -0.3 is 19.1 Å². The second kappa shape index (κ2) is 8.44. The molecule has 0 saturated carbocycles. The van der Waals surface area contributed by atoms with Crippen LogP contribution in [0.3, 0.4) is 0 Å². The van der Waals surface area contributed by atoms with Gasteiger partial charge in [-0.05, 0) is 48.4 Å². The van der Waals surface area contributed by atoms with E-state index in [4.69, 9.17) is 20.4 Å². The van der Waals surface area contributed by atoms with E-state index in [1.165, 1.54) is 0 Å². The van der Waals surface area contributed by atoms with Gasteiger partial charge in [0.15, 0.2) is 0 Å². The van der Waals surface area contributed by atoms with Crippen molar-refractivity contribution in [3.63, 3.8) is 0 Å². The lowest BCUT2D eigenvalue weighted by molar-refractivity contribution is 0.182. The van der Waals surface area contributed by atoms with Gasteiger partial charge in [-0.2, -0.15) is 0 Å². The second-order valence-electron chi connectivity index (χ2n) is 5.63. The number of halogens is 1. The van der Waals surface area contributed by atoms with E-state index < -0.39 is 0 Å². The Morgan fingerprint density at radius 2 is 1.68 bits per heavy atom. The van der Waals surface area contributed by atoms with Crippen LogP contribution in [0.25, 0.3) is 0 Å². The first-order valence-electron chi connectivity index (χ1n) is 8.03. The Labute approximate surface area is 151 Å². The maximum absolute atomic E-state index is 12.6. The first kappa shape index (κ1) is 17.2. The SMILES string of the molecule is O=C(NCCc1cccc(Cl)c1)N(Cc1ccco1)Cc1ccco1. The normalized spacial score (nSPS) is 10.6. The lowest BCUT2D eigenvalue weighted by Gasteiger charge is -2.21. The van der Waals surface area contributed by atoms with Crippen LogP contribution in [0.5, 0.6) is 0 Å². The van der Waals surface area contributed by atoms with Crippen molar-refractivity contribution in [1.29, 1.82) is 0 Å². The first-order valence-corrected chi connectivity index (χ1v) is 8.40. The molecule has 130 valence electrons. The van der Waals surface area contributed by atoms with Crippen molar-refractivity contribution >= 4 is 17.6 Å². The van der Waals surface area contributed by atoms with Crippen LogP contribution in [0.4, 0.5) is 4.79 Å². The summed E-state index contributed by atoms with van der Waals surface area (Å²) < 4.78 is 10.7. The molecule has 0 spiro atoms. The fourth-order valence-electron chi connectivity index (χ4n) is 2.50. The van der Waals surface area contributed by atoms with Crippen molar-refractivity contribution < 1.29 is 13.6 Å². The summed E-state index contributed by atoms with van der Waals surface area (Å²) in [6.45, 7) is 1.26. The summed E-state index contributed by atoms with van der Waals surface area (Å²) in [6.07, 6.45) is 3.90. The number of amides is 2. The number of carbonyl (C=O) groups is 1. The summed E-state index contributed by atoms with van der Waals surface area (Å²) in [4.78, 5) is 14.2. The third-order valence-electron chi connectivity index (χ3n) is 3.72. The van der Waals surface area contributed by atoms with Gasteiger partial charge in [-0.3, -0.25) is 0 Å². The zero-order valence-corrected chi connectivity index (χ0v) is 14.4. The molecule has 3 aromatic rings. The molecule has 0 atom stereocenters. The Hall–Kier alpha value is -2.66. The molecule has 0 aliphatic rings. The zero-order chi connectivity index (χ0) is 17.5. The van der Waals surface area contributed by atoms with Crippen LogP contribution in [-0.4, -0.2) is 17.5 Å². The Morgan fingerprint density at radius 3 is 2.24 bits per heavy atom. The van der Waals surface area contributed by atoms with Gasteiger partial charge in [-0.1, -0.05) is 23.7 Å². The number of hydrogen-bond acceptors (Lipinski definition) is 3. The van der Waals surface area contributed by atoms with Crippen LogP contribution < -0.4 is 5.32 Å². The molecule has 2 amide bonds. The number of carbonyl (C=O) groups excluding carboxylic acids is 1. The van der Waals surface area contributed by atoms with Crippen LogP contribution >= 0.6 is 11.6 Å². The fraction of sp³-hybridized carbons (Fsp3) is 0.211. The van der Waals surface area contributed by atoms with Gasteiger partial charge in [-0.25, -0.2) is 4.79 Å². The molecule has 1 N–H and O–H groups in total. The van der Waals surface area contributed by atoms with Crippen LogP contribution in [0, 0.1) is 0 Å². The van der Waals surface area contributed by atoms with Gasteiger partial charge in [0, 0.05) is 11.6 Å². The van der Waals surface area contributed by atoms with Crippen LogP contribution in [-0.2, 0) is 19.5 Å². The molecule has 6 heteroatoms. The number of nitrogens with one attached hydrogen (secondary N) is 1. The molecule has 1 aromatic carbocycles. The highest BCUT2D eigenvalue weighted by atomic mass is 35.5. The minimum Gasteiger partial charge on any atom is -0.467 e. The van der Waals surface area contributed by atoms with Crippen LogP contribution in [0.15, 0.2) is 69.9 Å². The number of hydrogen-bond donors (Lipinski definition) is 1. The van der Waals surface area contributed by atoms with Crippen molar-refractivity contribution in [1.82, 2.24) is 10.2 Å². The Bertz CT molecular complexity index is 749. The molecule has 0 aliphatic carbocycles. The molecular weight excluding hydrogens is 340 g/mol. The topological polar surface area (TPSA) is 58.6 Å². The van der Waals surface area contributed by atoms with Gasteiger partial charge >= 0.3 is 6.03 Å². The number of benzene rings is 1. The summed E-state index contributed by atoms with van der Waals surface area (Å²) in [7, 11) is 0. The van der Waals surface area contributed by atoms with E-state index in [0.29, 0.717) is 31.1 Å². The summed E-state index contributed by atoms with van der Waals surface area (Å²) >= 11 is 5.98.